The van der Waals surface area contributed by atoms with Gasteiger partial charge in [-0.05, 0) is 73.1 Å². The van der Waals surface area contributed by atoms with Crippen molar-refractivity contribution in [1.82, 2.24) is 25.3 Å². The molecule has 0 saturated carbocycles. The minimum absolute atomic E-state index is 0.00127. The van der Waals surface area contributed by atoms with Gasteiger partial charge in [-0.1, -0.05) is 35.9 Å². The average molecular weight is 689 g/mol. The molecule has 0 aliphatic carbocycles. The van der Waals surface area contributed by atoms with Crippen LogP contribution < -0.4 is 15.4 Å². The first-order valence-electron chi connectivity index (χ1n) is 14.8. The molecule has 0 bridgehead atoms. The molecule has 3 heterocycles. The van der Waals surface area contributed by atoms with E-state index in [4.69, 9.17) is 21.3 Å². The molecule has 0 radical (unpaired) electrons. The number of aromatic nitrogens is 4. The molecule has 6 rings (SSSR count). The molecule has 0 saturated heterocycles. The Morgan fingerprint density at radius 3 is 2.68 bits per heavy atom. The molecule has 0 fully saturated rings. The van der Waals surface area contributed by atoms with Crippen molar-refractivity contribution in [2.75, 3.05) is 24.2 Å². The molecule has 240 valence electrons. The van der Waals surface area contributed by atoms with Gasteiger partial charge in [0.2, 0.25) is 0 Å². The van der Waals surface area contributed by atoms with E-state index in [2.05, 4.69) is 25.6 Å². The van der Waals surface area contributed by atoms with Gasteiger partial charge in [-0.3, -0.25) is 0 Å². The lowest BCUT2D eigenvalue weighted by atomic mass is 10.1. The topological polar surface area (TPSA) is 119 Å². The smallest absolute Gasteiger partial charge is 0.196 e. The number of hydrogen-bond acceptors (Lipinski definition) is 10. The van der Waals surface area contributed by atoms with Gasteiger partial charge in [0.1, 0.15) is 30.3 Å². The highest BCUT2D eigenvalue weighted by Crippen LogP contribution is 2.33. The average Bonchev–Trinajstić information content (AvgIpc) is 3.55. The van der Waals surface area contributed by atoms with Crippen LogP contribution in [-0.4, -0.2) is 47.2 Å². The third-order valence-corrected chi connectivity index (χ3v) is 10.0. The fourth-order valence-electron chi connectivity index (χ4n) is 4.83. The number of benzene rings is 3. The summed E-state index contributed by atoms with van der Waals surface area (Å²) in [5.41, 5.74) is 4.00. The third-order valence-electron chi connectivity index (χ3n) is 7.21. The van der Waals surface area contributed by atoms with Crippen molar-refractivity contribution in [1.29, 1.82) is 0 Å². The highest BCUT2D eigenvalue weighted by molar-refractivity contribution is 7.91. The molecule has 0 aliphatic heterocycles. The Bertz CT molecular complexity index is 2100. The molecule has 47 heavy (non-hydrogen) atoms. The largest absolute Gasteiger partial charge is 0.487 e. The van der Waals surface area contributed by atoms with Gasteiger partial charge in [0.05, 0.1) is 27.0 Å². The van der Waals surface area contributed by atoms with E-state index in [0.717, 1.165) is 45.7 Å². The van der Waals surface area contributed by atoms with E-state index < -0.39 is 9.84 Å². The molecule has 3 aromatic carbocycles. The first-order valence-corrected chi connectivity index (χ1v) is 17.7. The van der Waals surface area contributed by atoms with E-state index in [-0.39, 0.29) is 23.2 Å². The summed E-state index contributed by atoms with van der Waals surface area (Å²) in [4.78, 5) is 17.7. The summed E-state index contributed by atoms with van der Waals surface area (Å²) in [6.07, 6.45) is 4.59. The Morgan fingerprint density at radius 1 is 0.936 bits per heavy atom. The predicted molar refractivity (Wildman–Crippen MR) is 184 cm³/mol. The van der Waals surface area contributed by atoms with Crippen molar-refractivity contribution >= 4 is 55.2 Å². The van der Waals surface area contributed by atoms with Gasteiger partial charge in [-0.2, -0.15) is 0 Å². The van der Waals surface area contributed by atoms with E-state index in [1.807, 2.05) is 29.6 Å². The van der Waals surface area contributed by atoms with Crippen LogP contribution in [0.25, 0.3) is 22.2 Å². The number of rotatable bonds is 14. The molecular weight excluding hydrogens is 659 g/mol. The number of anilines is 2. The fraction of sp³-hybridized carbons (Fsp3) is 0.176. The van der Waals surface area contributed by atoms with Gasteiger partial charge in [0, 0.05) is 41.2 Å². The SMILES string of the molecule is O=S(=O)(CCNCCCc1nc(-c2ccc3ncnc(Nc4ccc(OCc5cccc(F)c5)c(Cl)c4)c3c2)cs1)c1ccccn1. The Kier molecular flexibility index (Phi) is 10.3. The lowest BCUT2D eigenvalue weighted by Gasteiger charge is -2.12. The molecule has 0 spiro atoms. The maximum atomic E-state index is 13.5. The van der Waals surface area contributed by atoms with Crippen molar-refractivity contribution in [3.05, 3.63) is 118 Å². The highest BCUT2D eigenvalue weighted by Gasteiger charge is 2.15. The number of hydrogen-bond donors (Lipinski definition) is 2. The number of halogens is 2. The van der Waals surface area contributed by atoms with Gasteiger partial charge in [0.25, 0.3) is 0 Å². The van der Waals surface area contributed by atoms with Gasteiger partial charge in [-0.15, -0.1) is 11.3 Å². The van der Waals surface area contributed by atoms with Crippen LogP contribution in [-0.2, 0) is 22.9 Å². The summed E-state index contributed by atoms with van der Waals surface area (Å²) in [6, 6.07) is 22.4. The van der Waals surface area contributed by atoms with Crippen LogP contribution in [0.5, 0.6) is 5.75 Å². The Hall–Kier alpha value is -4.49. The monoisotopic (exact) mass is 688 g/mol. The van der Waals surface area contributed by atoms with Crippen molar-refractivity contribution in [2.45, 2.75) is 24.5 Å². The van der Waals surface area contributed by atoms with Crippen LogP contribution in [0.15, 0.2) is 102 Å². The Balaban J connectivity index is 1.05. The zero-order chi connectivity index (χ0) is 32.6. The minimum Gasteiger partial charge on any atom is -0.487 e. The normalized spacial score (nSPS) is 11.5. The quantitative estimate of drug-likeness (QED) is 0.114. The van der Waals surface area contributed by atoms with Crippen LogP contribution in [0.4, 0.5) is 15.9 Å². The second-order valence-electron chi connectivity index (χ2n) is 10.6. The summed E-state index contributed by atoms with van der Waals surface area (Å²) in [5.74, 6) is 0.786. The van der Waals surface area contributed by atoms with Crippen molar-refractivity contribution < 1.29 is 17.5 Å². The van der Waals surface area contributed by atoms with Crippen molar-refractivity contribution in [2.24, 2.45) is 0 Å². The number of pyridine rings is 1. The van der Waals surface area contributed by atoms with Crippen molar-refractivity contribution in [3.63, 3.8) is 0 Å². The lowest BCUT2D eigenvalue weighted by molar-refractivity contribution is 0.306. The maximum absolute atomic E-state index is 13.5. The van der Waals surface area contributed by atoms with Crippen molar-refractivity contribution in [3.8, 4) is 17.0 Å². The molecule has 3 aromatic heterocycles. The summed E-state index contributed by atoms with van der Waals surface area (Å²) in [6.45, 7) is 1.23. The fourth-order valence-corrected chi connectivity index (χ4v) is 7.04. The van der Waals surface area contributed by atoms with E-state index >= 15 is 0 Å². The molecule has 2 N–H and O–H groups in total. The number of nitrogens with one attached hydrogen (secondary N) is 2. The van der Waals surface area contributed by atoms with Gasteiger partial charge in [-0.25, -0.2) is 32.7 Å². The van der Waals surface area contributed by atoms with E-state index in [9.17, 15) is 12.8 Å². The summed E-state index contributed by atoms with van der Waals surface area (Å²) in [5, 5.41) is 10.9. The van der Waals surface area contributed by atoms with Crippen LogP contribution in [0, 0.1) is 5.82 Å². The van der Waals surface area contributed by atoms with Crippen LogP contribution in [0.2, 0.25) is 5.02 Å². The molecule has 9 nitrogen and oxygen atoms in total. The number of nitrogens with zero attached hydrogens (tertiary/aromatic N) is 4. The summed E-state index contributed by atoms with van der Waals surface area (Å²) < 4.78 is 44.0. The zero-order valence-corrected chi connectivity index (χ0v) is 27.5. The number of ether oxygens (including phenoxy) is 1. The Morgan fingerprint density at radius 2 is 1.85 bits per heavy atom. The maximum Gasteiger partial charge on any atom is 0.196 e. The molecule has 0 aliphatic rings. The standard InChI is InChI=1S/C34H30ClFN6O3S2/c35-28-19-26(10-12-31(28)45-20-23-5-3-6-25(36)17-23)41-34-27-18-24(9-11-29(27)39-22-40-34)30-21-46-32(42-30)7-4-13-37-15-16-47(43,44)33-8-1-2-14-38-33/h1-3,5-6,8-12,14,17-19,21-22,37H,4,7,13,15-16,20H2,(H,39,40,41). The second-order valence-corrected chi connectivity index (χ2v) is 14.0. The number of fused-ring (bicyclic) bond motifs is 1. The molecule has 0 atom stereocenters. The second kappa shape index (κ2) is 14.9. The van der Waals surface area contributed by atoms with E-state index in [0.29, 0.717) is 35.2 Å². The molecule has 13 heteroatoms. The minimum atomic E-state index is -3.40. The lowest BCUT2D eigenvalue weighted by Crippen LogP contribution is -2.24. The van der Waals surface area contributed by atoms with Crippen LogP contribution in [0.1, 0.15) is 17.0 Å². The first-order chi connectivity index (χ1) is 22.8. The van der Waals surface area contributed by atoms with E-state index in [1.54, 1.807) is 47.7 Å². The summed E-state index contributed by atoms with van der Waals surface area (Å²) >= 11 is 8.10. The van der Waals surface area contributed by atoms with Gasteiger partial charge >= 0.3 is 0 Å². The summed E-state index contributed by atoms with van der Waals surface area (Å²) in [7, 11) is -3.40. The molecule has 0 amide bonds. The highest BCUT2D eigenvalue weighted by atomic mass is 35.5. The molecule has 6 aromatic rings. The van der Waals surface area contributed by atoms with Crippen LogP contribution >= 0.6 is 22.9 Å². The molecule has 0 unspecified atom stereocenters. The van der Waals surface area contributed by atoms with Gasteiger partial charge < -0.3 is 15.4 Å². The third kappa shape index (κ3) is 8.46. The number of aryl methyl sites for hydroxylation is 1. The van der Waals surface area contributed by atoms with E-state index in [1.165, 1.54) is 30.7 Å². The molecular formula is C34H30ClFN6O3S2. The van der Waals surface area contributed by atoms with Gasteiger partial charge in [0.15, 0.2) is 14.9 Å². The predicted octanol–water partition coefficient (Wildman–Crippen LogP) is 7.26. The van der Waals surface area contributed by atoms with Crippen LogP contribution in [0.3, 0.4) is 0 Å². The number of thiazole rings is 1. The zero-order valence-electron chi connectivity index (χ0n) is 25.1. The Labute approximate surface area is 280 Å². The first kappa shape index (κ1) is 32.5. The number of sulfone groups is 1.